The maximum absolute atomic E-state index is 12.8. The Morgan fingerprint density at radius 3 is 2.24 bits per heavy atom. The molecule has 0 aromatic heterocycles. The van der Waals surface area contributed by atoms with Gasteiger partial charge < -0.3 is 14.6 Å². The van der Waals surface area contributed by atoms with Gasteiger partial charge in [0, 0.05) is 21.5 Å². The SMILES string of the molecule is O=C([O-])c1ccccc1OC(F)(F)C(F)(F)Br. The zero-order chi connectivity index (χ0) is 13.3. The predicted octanol–water partition coefficient (Wildman–Crippen LogP) is 2.01. The summed E-state index contributed by atoms with van der Waals surface area (Å²) in [4.78, 5) is 5.90. The Labute approximate surface area is 101 Å². The Balaban J connectivity index is 3.08. The van der Waals surface area contributed by atoms with Gasteiger partial charge in [-0.25, -0.2) is 0 Å². The summed E-state index contributed by atoms with van der Waals surface area (Å²) in [6.07, 6.45) is -4.89. The summed E-state index contributed by atoms with van der Waals surface area (Å²) in [5, 5.41) is 10.5. The lowest BCUT2D eigenvalue weighted by molar-refractivity contribution is -0.268. The number of rotatable bonds is 4. The molecule has 1 aromatic carbocycles. The van der Waals surface area contributed by atoms with E-state index in [1.54, 1.807) is 0 Å². The first-order valence-corrected chi connectivity index (χ1v) is 4.88. The maximum Gasteiger partial charge on any atom is 0.475 e. The molecule has 1 rings (SSSR count). The van der Waals surface area contributed by atoms with Crippen molar-refractivity contribution < 1.29 is 32.2 Å². The van der Waals surface area contributed by atoms with E-state index >= 15 is 0 Å². The second kappa shape index (κ2) is 4.52. The number of aromatic carboxylic acids is 1. The molecular formula is C9H4BrF4O3-. The highest BCUT2D eigenvalue weighted by molar-refractivity contribution is 9.10. The number of hydrogen-bond donors (Lipinski definition) is 0. The highest BCUT2D eigenvalue weighted by atomic mass is 79.9. The number of para-hydroxylation sites is 1. The Morgan fingerprint density at radius 1 is 1.24 bits per heavy atom. The number of hydrogen-bond acceptors (Lipinski definition) is 3. The molecule has 0 saturated carbocycles. The van der Waals surface area contributed by atoms with Crippen LogP contribution in [-0.4, -0.2) is 16.9 Å². The quantitative estimate of drug-likeness (QED) is 0.631. The van der Waals surface area contributed by atoms with Crippen molar-refractivity contribution in [3.63, 3.8) is 0 Å². The molecule has 0 unspecified atom stereocenters. The molecule has 0 N–H and O–H groups in total. The van der Waals surface area contributed by atoms with Crippen molar-refractivity contribution >= 4 is 21.9 Å². The maximum atomic E-state index is 12.8. The molecule has 0 aliphatic carbocycles. The number of carbonyl (C=O) groups is 1. The zero-order valence-electron chi connectivity index (χ0n) is 7.92. The van der Waals surface area contributed by atoms with E-state index < -0.39 is 28.2 Å². The molecule has 1 aromatic rings. The number of carboxylic acids is 1. The van der Waals surface area contributed by atoms with E-state index in [1.165, 1.54) is 22.0 Å². The van der Waals surface area contributed by atoms with Gasteiger partial charge in [-0.3, -0.25) is 0 Å². The number of alkyl halides is 5. The van der Waals surface area contributed by atoms with Crippen LogP contribution in [0.1, 0.15) is 10.4 Å². The molecule has 0 bridgehead atoms. The van der Waals surface area contributed by atoms with Crippen molar-refractivity contribution in [2.24, 2.45) is 0 Å². The molecule has 0 amide bonds. The molecular weight excluding hydrogens is 312 g/mol. The minimum atomic E-state index is -4.89. The van der Waals surface area contributed by atoms with Crippen LogP contribution in [0.5, 0.6) is 5.75 Å². The number of carboxylic acid groups (broad SMARTS) is 1. The number of carbonyl (C=O) groups excluding carboxylic acids is 1. The summed E-state index contributed by atoms with van der Waals surface area (Å²) < 4.78 is 54.2. The van der Waals surface area contributed by atoms with E-state index in [2.05, 4.69) is 4.74 Å². The van der Waals surface area contributed by atoms with E-state index in [0.29, 0.717) is 0 Å². The highest BCUT2D eigenvalue weighted by Gasteiger charge is 2.58. The zero-order valence-corrected chi connectivity index (χ0v) is 9.51. The fraction of sp³-hybridized carbons (Fsp3) is 0.222. The van der Waals surface area contributed by atoms with Crippen LogP contribution in [0.2, 0.25) is 0 Å². The molecule has 0 radical (unpaired) electrons. The van der Waals surface area contributed by atoms with Crippen LogP contribution >= 0.6 is 15.9 Å². The van der Waals surface area contributed by atoms with E-state index in [0.717, 1.165) is 18.2 Å². The van der Waals surface area contributed by atoms with Gasteiger partial charge in [-0.1, -0.05) is 12.1 Å². The molecule has 17 heavy (non-hydrogen) atoms. The van der Waals surface area contributed by atoms with Crippen molar-refractivity contribution in [1.29, 1.82) is 0 Å². The lowest BCUT2D eigenvalue weighted by Gasteiger charge is -2.23. The second-order valence-electron chi connectivity index (χ2n) is 2.90. The van der Waals surface area contributed by atoms with Crippen LogP contribution in [0.15, 0.2) is 24.3 Å². The smallest absolute Gasteiger partial charge is 0.475 e. The Bertz CT molecular complexity index is 430. The van der Waals surface area contributed by atoms with Gasteiger partial charge in [0.15, 0.2) is 0 Å². The number of ether oxygens (including phenoxy) is 1. The Hall–Kier alpha value is -1.31. The van der Waals surface area contributed by atoms with Crippen LogP contribution in [0.25, 0.3) is 0 Å². The summed E-state index contributed by atoms with van der Waals surface area (Å²) in [5.74, 6) is -2.72. The van der Waals surface area contributed by atoms with Crippen LogP contribution in [0, 0.1) is 0 Å². The van der Waals surface area contributed by atoms with Crippen molar-refractivity contribution in [2.75, 3.05) is 0 Å². The molecule has 0 heterocycles. The lowest BCUT2D eigenvalue weighted by atomic mass is 10.2. The van der Waals surface area contributed by atoms with Crippen molar-refractivity contribution in [3.8, 4) is 5.75 Å². The van der Waals surface area contributed by atoms with Gasteiger partial charge in [0.2, 0.25) is 0 Å². The minimum Gasteiger partial charge on any atom is -0.545 e. The van der Waals surface area contributed by atoms with Gasteiger partial charge in [0.25, 0.3) is 0 Å². The topological polar surface area (TPSA) is 49.4 Å². The number of benzene rings is 1. The van der Waals surface area contributed by atoms with Gasteiger partial charge in [-0.05, 0) is 12.1 Å². The first-order chi connectivity index (χ1) is 7.65. The van der Waals surface area contributed by atoms with Crippen LogP contribution in [-0.2, 0) is 0 Å². The fourth-order valence-corrected chi connectivity index (χ4v) is 1.00. The molecule has 0 atom stereocenters. The summed E-state index contributed by atoms with van der Waals surface area (Å²) >= 11 is 1.45. The van der Waals surface area contributed by atoms with Gasteiger partial charge in [-0.15, -0.1) is 0 Å². The van der Waals surface area contributed by atoms with Crippen LogP contribution < -0.4 is 9.84 Å². The van der Waals surface area contributed by atoms with Crippen molar-refractivity contribution in [1.82, 2.24) is 0 Å². The second-order valence-corrected chi connectivity index (χ2v) is 3.90. The van der Waals surface area contributed by atoms with E-state index in [9.17, 15) is 27.5 Å². The highest BCUT2D eigenvalue weighted by Crippen LogP contribution is 2.41. The molecule has 3 nitrogen and oxygen atoms in total. The van der Waals surface area contributed by atoms with E-state index in [-0.39, 0.29) is 0 Å². The average Bonchev–Trinajstić information content (AvgIpc) is 2.15. The molecule has 0 spiro atoms. The summed E-state index contributed by atoms with van der Waals surface area (Å²) in [5.41, 5.74) is -0.746. The van der Waals surface area contributed by atoms with Gasteiger partial charge in [0.05, 0.1) is 5.97 Å². The van der Waals surface area contributed by atoms with Crippen LogP contribution in [0.4, 0.5) is 17.6 Å². The monoisotopic (exact) mass is 315 g/mol. The molecule has 0 aliphatic rings. The standard InChI is InChI=1S/C9H5BrF4O3/c10-8(11,12)9(13,14)17-6-4-2-1-3-5(6)7(15)16/h1-4H,(H,15,16)/p-1. The third-order valence-electron chi connectivity index (χ3n) is 1.68. The molecule has 8 heteroatoms. The summed E-state index contributed by atoms with van der Waals surface area (Å²) in [7, 11) is 0. The van der Waals surface area contributed by atoms with Crippen LogP contribution in [0.3, 0.4) is 0 Å². The number of halogens is 5. The first-order valence-electron chi connectivity index (χ1n) is 4.09. The molecule has 0 fully saturated rings. The lowest BCUT2D eigenvalue weighted by Crippen LogP contribution is -2.41. The van der Waals surface area contributed by atoms with Gasteiger partial charge >= 0.3 is 10.9 Å². The van der Waals surface area contributed by atoms with Crippen molar-refractivity contribution in [3.05, 3.63) is 29.8 Å². The summed E-state index contributed by atoms with van der Waals surface area (Å²) in [6.45, 7) is 0. The molecule has 0 saturated heterocycles. The summed E-state index contributed by atoms with van der Waals surface area (Å²) in [6, 6.07) is 4.08. The Morgan fingerprint density at radius 2 is 1.76 bits per heavy atom. The van der Waals surface area contributed by atoms with E-state index in [4.69, 9.17) is 0 Å². The third-order valence-corrected chi connectivity index (χ3v) is 2.14. The fourth-order valence-electron chi connectivity index (χ4n) is 0.920. The first kappa shape index (κ1) is 13.8. The van der Waals surface area contributed by atoms with Gasteiger partial charge in [-0.2, -0.15) is 17.6 Å². The normalized spacial score (nSPS) is 12.3. The van der Waals surface area contributed by atoms with E-state index in [1.807, 2.05) is 0 Å². The third kappa shape index (κ3) is 3.09. The van der Waals surface area contributed by atoms with Gasteiger partial charge in [0.1, 0.15) is 5.75 Å². The minimum absolute atomic E-state index is 0.746. The predicted molar refractivity (Wildman–Crippen MR) is 50.2 cm³/mol. The van der Waals surface area contributed by atoms with Crippen molar-refractivity contribution in [2.45, 2.75) is 10.9 Å². The Kier molecular flexibility index (Phi) is 3.65. The average molecular weight is 316 g/mol. The molecule has 0 aliphatic heterocycles. The largest absolute Gasteiger partial charge is 0.545 e. The molecule has 94 valence electrons.